The molecule has 1 aromatic heterocycles. The number of nitrogens with one attached hydrogen (secondary N) is 1. The highest BCUT2D eigenvalue weighted by atomic mass is 32.2. The molecule has 1 rings (SSSR count). The van der Waals surface area contributed by atoms with E-state index in [2.05, 4.69) is 18.9 Å². The van der Waals surface area contributed by atoms with Gasteiger partial charge in [-0.25, -0.2) is 8.42 Å². The molecule has 0 saturated carbocycles. The van der Waals surface area contributed by atoms with Gasteiger partial charge in [0.1, 0.15) is 0 Å². The van der Waals surface area contributed by atoms with Crippen LogP contribution >= 0.6 is 0 Å². The summed E-state index contributed by atoms with van der Waals surface area (Å²) in [5.41, 5.74) is 2.47. The van der Waals surface area contributed by atoms with Gasteiger partial charge in [-0.15, -0.1) is 0 Å². The molecule has 108 valence electrons. The molecule has 1 N–H and O–H groups in total. The first-order chi connectivity index (χ1) is 8.60. The number of nitrogens with zero attached hydrogens (tertiary/aromatic N) is 2. The summed E-state index contributed by atoms with van der Waals surface area (Å²) in [6.07, 6.45) is 0.996. The highest BCUT2D eigenvalue weighted by molar-refractivity contribution is 7.89. The van der Waals surface area contributed by atoms with Gasteiger partial charge < -0.3 is 0 Å². The van der Waals surface area contributed by atoms with Gasteiger partial charge in [-0.1, -0.05) is 13.8 Å². The first kappa shape index (κ1) is 15.7. The molecular weight excluding hydrogens is 266 g/mol. The topological polar surface area (TPSA) is 81.1 Å². The Balaban J connectivity index is 2.90. The lowest BCUT2D eigenvalue weighted by Gasteiger charge is -2.08. The van der Waals surface area contributed by atoms with Gasteiger partial charge in [-0.3, -0.25) is 14.2 Å². The fourth-order valence-corrected chi connectivity index (χ4v) is 2.40. The van der Waals surface area contributed by atoms with Gasteiger partial charge in [0.05, 0.1) is 18.4 Å². The van der Waals surface area contributed by atoms with E-state index in [-0.39, 0.29) is 6.42 Å². The Hall–Kier alpha value is -1.37. The highest BCUT2D eigenvalue weighted by Gasteiger charge is 2.17. The summed E-state index contributed by atoms with van der Waals surface area (Å²) in [4.78, 5) is 11.6. The lowest BCUT2D eigenvalue weighted by atomic mass is 10.1. The summed E-state index contributed by atoms with van der Waals surface area (Å²) < 4.78 is 25.8. The molecule has 0 aliphatic heterocycles. The van der Waals surface area contributed by atoms with E-state index in [9.17, 15) is 13.2 Å². The second-order valence-corrected chi connectivity index (χ2v) is 6.95. The minimum Gasteiger partial charge on any atom is -0.274 e. The molecular formula is C12H21N3O3S. The smallest absolute Gasteiger partial charge is 0.237 e. The molecule has 7 heteroatoms. The highest BCUT2D eigenvalue weighted by Crippen LogP contribution is 2.15. The van der Waals surface area contributed by atoms with Gasteiger partial charge in [0.2, 0.25) is 15.9 Å². The Kier molecular flexibility index (Phi) is 4.73. The van der Waals surface area contributed by atoms with Crippen LogP contribution in [0.1, 0.15) is 30.8 Å². The molecule has 0 fully saturated rings. The summed E-state index contributed by atoms with van der Waals surface area (Å²) in [5, 5.41) is 4.39. The first-order valence-corrected chi connectivity index (χ1v) is 8.02. The maximum Gasteiger partial charge on any atom is 0.237 e. The second-order valence-electron chi connectivity index (χ2n) is 5.20. The third-order valence-corrected chi connectivity index (χ3v) is 3.30. The van der Waals surface area contributed by atoms with Gasteiger partial charge in [0, 0.05) is 17.8 Å². The Bertz CT molecular complexity index is 573. The molecule has 0 aromatic carbocycles. The van der Waals surface area contributed by atoms with Crippen molar-refractivity contribution in [1.82, 2.24) is 14.5 Å². The van der Waals surface area contributed by atoms with Crippen molar-refractivity contribution in [2.24, 2.45) is 5.92 Å². The van der Waals surface area contributed by atoms with E-state index in [1.54, 1.807) is 0 Å². The number of hydrogen-bond donors (Lipinski definition) is 1. The Morgan fingerprint density at radius 1 is 1.37 bits per heavy atom. The molecule has 1 heterocycles. The molecule has 0 unspecified atom stereocenters. The summed E-state index contributed by atoms with van der Waals surface area (Å²) in [7, 11) is -3.51. The van der Waals surface area contributed by atoms with E-state index in [4.69, 9.17) is 0 Å². The molecule has 19 heavy (non-hydrogen) atoms. The fraction of sp³-hybridized carbons (Fsp3) is 0.667. The van der Waals surface area contributed by atoms with E-state index >= 15 is 0 Å². The van der Waals surface area contributed by atoms with Crippen LogP contribution in [0.5, 0.6) is 0 Å². The molecule has 0 aliphatic rings. The molecule has 6 nitrogen and oxygen atoms in total. The zero-order valence-corrected chi connectivity index (χ0v) is 12.8. The van der Waals surface area contributed by atoms with Crippen LogP contribution in [0.4, 0.5) is 0 Å². The summed E-state index contributed by atoms with van der Waals surface area (Å²) in [5.74, 6) is -0.0755. The van der Waals surface area contributed by atoms with Crippen LogP contribution in [0, 0.1) is 19.8 Å². The minimum absolute atomic E-state index is 0.0306. The van der Waals surface area contributed by atoms with Crippen molar-refractivity contribution in [2.45, 2.75) is 40.7 Å². The first-order valence-electron chi connectivity index (χ1n) is 6.13. The van der Waals surface area contributed by atoms with Crippen LogP contribution in [-0.4, -0.2) is 30.4 Å². The predicted octanol–water partition coefficient (Wildman–Crippen LogP) is 0.774. The lowest BCUT2D eigenvalue weighted by molar-refractivity contribution is -0.118. The predicted molar refractivity (Wildman–Crippen MR) is 73.2 cm³/mol. The normalized spacial score (nSPS) is 11.9. The largest absolute Gasteiger partial charge is 0.274 e. The number of aryl methyl sites for hydroxylation is 1. The molecule has 0 radical (unpaired) electrons. The number of sulfonamides is 1. The van der Waals surface area contributed by atoms with Gasteiger partial charge in [0.25, 0.3) is 0 Å². The number of carbonyl (C=O) groups is 1. The summed E-state index contributed by atoms with van der Waals surface area (Å²) in [6, 6.07) is 0. The van der Waals surface area contributed by atoms with Crippen LogP contribution in [0.3, 0.4) is 0 Å². The van der Waals surface area contributed by atoms with Crippen molar-refractivity contribution in [3.63, 3.8) is 0 Å². The zero-order chi connectivity index (χ0) is 14.8. The standard InChI is InChI=1S/C12H21N3O3S/c1-8(2)7-15-10(4)11(9(3)13-15)6-12(16)14-19(5,17)18/h8H,6-7H2,1-5H3,(H,14,16). The Morgan fingerprint density at radius 3 is 2.42 bits per heavy atom. The average molecular weight is 287 g/mol. The third kappa shape index (κ3) is 4.66. The van der Waals surface area contributed by atoms with E-state index in [0.717, 1.165) is 29.8 Å². The van der Waals surface area contributed by atoms with Gasteiger partial charge >= 0.3 is 0 Å². The zero-order valence-electron chi connectivity index (χ0n) is 12.0. The van der Waals surface area contributed by atoms with Gasteiger partial charge in [0.15, 0.2) is 0 Å². The molecule has 0 spiro atoms. The fourth-order valence-electron chi connectivity index (χ4n) is 1.92. The van der Waals surface area contributed by atoms with E-state index in [0.29, 0.717) is 5.92 Å². The van der Waals surface area contributed by atoms with Crippen molar-refractivity contribution < 1.29 is 13.2 Å². The van der Waals surface area contributed by atoms with Crippen molar-refractivity contribution in [2.75, 3.05) is 6.26 Å². The van der Waals surface area contributed by atoms with Gasteiger partial charge in [-0.05, 0) is 19.8 Å². The number of aromatic nitrogens is 2. The number of rotatable bonds is 5. The molecule has 0 saturated heterocycles. The summed E-state index contributed by atoms with van der Waals surface area (Å²) in [6.45, 7) is 8.68. The van der Waals surface area contributed by atoms with Gasteiger partial charge in [-0.2, -0.15) is 5.10 Å². The average Bonchev–Trinajstić information content (AvgIpc) is 2.42. The number of amides is 1. The molecule has 0 aliphatic carbocycles. The van der Waals surface area contributed by atoms with Crippen LogP contribution in [-0.2, 0) is 27.8 Å². The second kappa shape index (κ2) is 5.73. The van der Waals surface area contributed by atoms with Crippen molar-refractivity contribution in [3.8, 4) is 0 Å². The maximum absolute atomic E-state index is 11.6. The Morgan fingerprint density at radius 2 is 1.95 bits per heavy atom. The minimum atomic E-state index is -3.51. The van der Waals surface area contributed by atoms with Crippen molar-refractivity contribution in [1.29, 1.82) is 0 Å². The molecule has 0 bridgehead atoms. The number of carbonyl (C=O) groups excluding carboxylic acids is 1. The van der Waals surface area contributed by atoms with Crippen LogP contribution in [0.25, 0.3) is 0 Å². The summed E-state index contributed by atoms with van der Waals surface area (Å²) >= 11 is 0. The van der Waals surface area contributed by atoms with Crippen LogP contribution < -0.4 is 4.72 Å². The quantitative estimate of drug-likeness (QED) is 0.867. The van der Waals surface area contributed by atoms with Crippen LogP contribution in [0.15, 0.2) is 0 Å². The van der Waals surface area contributed by atoms with Crippen molar-refractivity contribution in [3.05, 3.63) is 17.0 Å². The Labute approximate surface area is 114 Å². The van der Waals surface area contributed by atoms with E-state index < -0.39 is 15.9 Å². The van der Waals surface area contributed by atoms with Crippen molar-refractivity contribution >= 4 is 15.9 Å². The number of hydrogen-bond acceptors (Lipinski definition) is 4. The molecule has 0 atom stereocenters. The van der Waals surface area contributed by atoms with E-state index in [1.165, 1.54) is 0 Å². The maximum atomic E-state index is 11.6. The van der Waals surface area contributed by atoms with E-state index in [1.807, 2.05) is 23.3 Å². The molecule has 1 aromatic rings. The lowest BCUT2D eigenvalue weighted by Crippen LogP contribution is -2.30. The monoisotopic (exact) mass is 287 g/mol. The molecule has 1 amide bonds. The SMILES string of the molecule is Cc1nn(CC(C)C)c(C)c1CC(=O)NS(C)(=O)=O. The third-order valence-electron chi connectivity index (χ3n) is 2.71. The van der Waals surface area contributed by atoms with Crippen LogP contribution in [0.2, 0.25) is 0 Å².